The van der Waals surface area contributed by atoms with Crippen LogP contribution in [0.1, 0.15) is 5.56 Å². The minimum absolute atomic E-state index is 0.00852. The van der Waals surface area contributed by atoms with Crippen LogP contribution in [0.5, 0.6) is 0 Å². The van der Waals surface area contributed by atoms with Gasteiger partial charge in [-0.2, -0.15) is 0 Å². The highest BCUT2D eigenvalue weighted by atomic mass is 16.6. The van der Waals surface area contributed by atoms with Crippen LogP contribution in [0, 0.1) is 0 Å². The number of ether oxygens (including phenoxy) is 1. The molecule has 2 heterocycles. The van der Waals surface area contributed by atoms with Crippen LogP contribution in [-0.2, 0) is 16.0 Å². The molecule has 0 aromatic heterocycles. The summed E-state index contributed by atoms with van der Waals surface area (Å²) >= 11 is 0. The van der Waals surface area contributed by atoms with E-state index in [9.17, 15) is 4.79 Å². The second kappa shape index (κ2) is 3.57. The van der Waals surface area contributed by atoms with Crippen molar-refractivity contribution < 1.29 is 9.53 Å². The molecular formula is C12H14N2O2. The van der Waals surface area contributed by atoms with Crippen LogP contribution in [0.15, 0.2) is 24.3 Å². The summed E-state index contributed by atoms with van der Waals surface area (Å²) < 4.78 is 5.18. The maximum Gasteiger partial charge on any atom is 0.244 e. The average molecular weight is 218 g/mol. The Morgan fingerprint density at radius 3 is 2.94 bits per heavy atom. The molecule has 2 N–H and O–H groups in total. The van der Waals surface area contributed by atoms with E-state index >= 15 is 0 Å². The van der Waals surface area contributed by atoms with E-state index < -0.39 is 6.04 Å². The number of nitrogens with two attached hydrogens (primary N) is 1. The van der Waals surface area contributed by atoms with Gasteiger partial charge >= 0.3 is 0 Å². The maximum absolute atomic E-state index is 12.0. The summed E-state index contributed by atoms with van der Waals surface area (Å²) in [6.45, 7) is 1.38. The summed E-state index contributed by atoms with van der Waals surface area (Å²) in [6, 6.07) is 7.52. The number of carbonyl (C=O) groups excluding carboxylic acids is 1. The van der Waals surface area contributed by atoms with E-state index in [1.165, 1.54) is 0 Å². The monoisotopic (exact) mass is 218 g/mol. The van der Waals surface area contributed by atoms with Crippen LogP contribution >= 0.6 is 0 Å². The predicted molar refractivity (Wildman–Crippen MR) is 60.2 cm³/mol. The first-order valence-electron chi connectivity index (χ1n) is 5.52. The van der Waals surface area contributed by atoms with Crippen LogP contribution < -0.4 is 10.6 Å². The number of hydrogen-bond acceptors (Lipinski definition) is 3. The zero-order chi connectivity index (χ0) is 11.1. The lowest BCUT2D eigenvalue weighted by Gasteiger charge is -2.32. The van der Waals surface area contributed by atoms with Crippen LogP contribution in [0.2, 0.25) is 0 Å². The van der Waals surface area contributed by atoms with Crippen molar-refractivity contribution in [3.63, 3.8) is 0 Å². The number of amides is 1. The first kappa shape index (κ1) is 9.81. The number of hydrogen-bond donors (Lipinski definition) is 1. The minimum Gasteiger partial charge on any atom is -0.371 e. The van der Waals surface area contributed by atoms with Crippen molar-refractivity contribution in [2.75, 3.05) is 18.1 Å². The molecule has 16 heavy (non-hydrogen) atoms. The van der Waals surface area contributed by atoms with Crippen LogP contribution in [0.3, 0.4) is 0 Å². The zero-order valence-electron chi connectivity index (χ0n) is 8.93. The molecule has 3 rings (SSSR count). The SMILES string of the molecule is NC1Cc2ccccc2N(CC2CO2)C1=O. The quantitative estimate of drug-likeness (QED) is 0.726. The fourth-order valence-electron chi connectivity index (χ4n) is 2.16. The molecule has 4 heteroatoms. The molecule has 2 aliphatic rings. The third-order valence-corrected chi connectivity index (χ3v) is 3.09. The highest BCUT2D eigenvalue weighted by Gasteiger charge is 2.34. The fourth-order valence-corrected chi connectivity index (χ4v) is 2.16. The highest BCUT2D eigenvalue weighted by Crippen LogP contribution is 2.28. The van der Waals surface area contributed by atoms with Gasteiger partial charge in [0.2, 0.25) is 5.91 Å². The molecule has 2 aliphatic heterocycles. The first-order valence-corrected chi connectivity index (χ1v) is 5.52. The van der Waals surface area contributed by atoms with Gasteiger partial charge in [0, 0.05) is 5.69 Å². The van der Waals surface area contributed by atoms with Crippen molar-refractivity contribution in [1.82, 2.24) is 0 Å². The Kier molecular flexibility index (Phi) is 2.19. The molecule has 1 fully saturated rings. The lowest BCUT2D eigenvalue weighted by atomic mass is 9.97. The van der Waals surface area contributed by atoms with E-state index in [-0.39, 0.29) is 12.0 Å². The molecule has 1 saturated heterocycles. The number of nitrogens with zero attached hydrogens (tertiary/aromatic N) is 1. The molecule has 2 unspecified atom stereocenters. The summed E-state index contributed by atoms with van der Waals surface area (Å²) in [6.07, 6.45) is 0.833. The van der Waals surface area contributed by atoms with E-state index in [1.54, 1.807) is 4.90 Å². The van der Waals surface area contributed by atoms with E-state index in [0.717, 1.165) is 17.9 Å². The molecule has 2 atom stereocenters. The van der Waals surface area contributed by atoms with Gasteiger partial charge in [-0.05, 0) is 18.1 Å². The molecule has 0 saturated carbocycles. The van der Waals surface area contributed by atoms with Crippen molar-refractivity contribution >= 4 is 11.6 Å². The maximum atomic E-state index is 12.0. The van der Waals surface area contributed by atoms with Gasteiger partial charge in [-0.15, -0.1) is 0 Å². The third kappa shape index (κ3) is 1.60. The number of epoxide rings is 1. The molecule has 0 radical (unpaired) electrons. The minimum atomic E-state index is -0.409. The van der Waals surface area contributed by atoms with Gasteiger partial charge in [-0.1, -0.05) is 18.2 Å². The molecule has 84 valence electrons. The van der Waals surface area contributed by atoms with Crippen LogP contribution in [0.25, 0.3) is 0 Å². The Morgan fingerprint density at radius 1 is 1.44 bits per heavy atom. The molecule has 1 aromatic carbocycles. The standard InChI is InChI=1S/C12H14N2O2/c13-10-5-8-3-1-2-4-11(8)14(12(10)15)6-9-7-16-9/h1-4,9-10H,5-7,13H2. The predicted octanol–water partition coefficient (Wildman–Crippen LogP) is 0.302. The van der Waals surface area contributed by atoms with Gasteiger partial charge in [0.05, 0.1) is 25.3 Å². The molecule has 1 amide bonds. The first-order chi connectivity index (χ1) is 7.75. The van der Waals surface area contributed by atoms with Gasteiger partial charge < -0.3 is 15.4 Å². The number of fused-ring (bicyclic) bond motifs is 1. The Morgan fingerprint density at radius 2 is 2.19 bits per heavy atom. The smallest absolute Gasteiger partial charge is 0.244 e. The van der Waals surface area contributed by atoms with E-state index in [2.05, 4.69) is 0 Å². The van der Waals surface area contributed by atoms with Crippen molar-refractivity contribution in [2.24, 2.45) is 5.73 Å². The number of rotatable bonds is 2. The lowest BCUT2D eigenvalue weighted by molar-refractivity contribution is -0.120. The van der Waals surface area contributed by atoms with Crippen LogP contribution in [0.4, 0.5) is 5.69 Å². The van der Waals surface area contributed by atoms with Crippen molar-refractivity contribution in [1.29, 1.82) is 0 Å². The normalized spacial score (nSPS) is 27.8. The fraction of sp³-hybridized carbons (Fsp3) is 0.417. The van der Waals surface area contributed by atoms with Crippen molar-refractivity contribution in [2.45, 2.75) is 18.6 Å². The molecule has 1 aromatic rings. The molecule has 0 bridgehead atoms. The number of para-hydroxylation sites is 1. The Balaban J connectivity index is 1.96. The van der Waals surface area contributed by atoms with Gasteiger partial charge in [-0.3, -0.25) is 4.79 Å². The Labute approximate surface area is 94.0 Å². The Hall–Kier alpha value is -1.39. The van der Waals surface area contributed by atoms with Gasteiger partial charge in [0.25, 0.3) is 0 Å². The second-order valence-corrected chi connectivity index (χ2v) is 4.34. The summed E-state index contributed by atoms with van der Waals surface area (Å²) in [5, 5.41) is 0. The van der Waals surface area contributed by atoms with Crippen LogP contribution in [-0.4, -0.2) is 31.2 Å². The van der Waals surface area contributed by atoms with E-state index in [1.807, 2.05) is 24.3 Å². The molecular weight excluding hydrogens is 204 g/mol. The largest absolute Gasteiger partial charge is 0.371 e. The number of anilines is 1. The van der Waals surface area contributed by atoms with E-state index in [4.69, 9.17) is 10.5 Å². The summed E-state index contributed by atoms with van der Waals surface area (Å²) in [5.74, 6) is 0.00852. The number of carbonyl (C=O) groups is 1. The van der Waals surface area contributed by atoms with Gasteiger partial charge in [0.15, 0.2) is 0 Å². The van der Waals surface area contributed by atoms with Gasteiger partial charge in [0.1, 0.15) is 0 Å². The third-order valence-electron chi connectivity index (χ3n) is 3.09. The summed E-state index contributed by atoms with van der Waals surface area (Å²) in [7, 11) is 0. The van der Waals surface area contributed by atoms with E-state index in [0.29, 0.717) is 13.0 Å². The highest BCUT2D eigenvalue weighted by molar-refractivity contribution is 6.00. The lowest BCUT2D eigenvalue weighted by Crippen LogP contribution is -2.50. The summed E-state index contributed by atoms with van der Waals surface area (Å²) in [4.78, 5) is 13.8. The van der Waals surface area contributed by atoms with Gasteiger partial charge in [-0.25, -0.2) is 0 Å². The summed E-state index contributed by atoms with van der Waals surface area (Å²) in [5.41, 5.74) is 7.99. The molecule has 0 spiro atoms. The second-order valence-electron chi connectivity index (χ2n) is 4.34. The van der Waals surface area contributed by atoms with Crippen molar-refractivity contribution in [3.8, 4) is 0 Å². The van der Waals surface area contributed by atoms with Crippen molar-refractivity contribution in [3.05, 3.63) is 29.8 Å². The number of benzene rings is 1. The Bertz CT molecular complexity index is 429. The zero-order valence-corrected chi connectivity index (χ0v) is 8.93. The topological polar surface area (TPSA) is 58.9 Å². The molecule has 4 nitrogen and oxygen atoms in total. The molecule has 0 aliphatic carbocycles. The average Bonchev–Trinajstić information content (AvgIpc) is 3.08.